The van der Waals surface area contributed by atoms with Crippen molar-refractivity contribution in [3.63, 3.8) is 0 Å². The lowest BCUT2D eigenvalue weighted by molar-refractivity contribution is 0.952. The third kappa shape index (κ3) is 9.14. The molecule has 0 unspecified atom stereocenters. The Morgan fingerprint density at radius 2 is 0.485 bits per heavy atom. The Morgan fingerprint density at radius 3 is 0.818 bits per heavy atom. The van der Waals surface area contributed by atoms with Gasteiger partial charge in [-0.1, -0.05) is 242 Å². The average molecular weight is 1260 g/mol. The van der Waals surface area contributed by atoms with Crippen molar-refractivity contribution in [2.24, 2.45) is 0 Å². The number of aromatic nitrogens is 6. The molecule has 0 saturated heterocycles. The molecule has 20 aromatic rings. The highest BCUT2D eigenvalue weighted by atomic mass is 15.2. The molecule has 4 aromatic heterocycles. The van der Waals surface area contributed by atoms with Crippen LogP contribution in [0.3, 0.4) is 0 Å². The summed E-state index contributed by atoms with van der Waals surface area (Å²) in [6.45, 7) is 4.23. The molecule has 0 aliphatic heterocycles. The van der Waals surface area contributed by atoms with Crippen molar-refractivity contribution >= 4 is 109 Å². The van der Waals surface area contributed by atoms with Gasteiger partial charge in [-0.05, 0) is 199 Å². The van der Waals surface area contributed by atoms with Crippen molar-refractivity contribution in [1.82, 2.24) is 28.7 Å². The molecule has 6 nitrogen and oxygen atoms in total. The zero-order chi connectivity index (χ0) is 65.4. The van der Waals surface area contributed by atoms with Gasteiger partial charge in [0.2, 0.25) is 5.95 Å². The van der Waals surface area contributed by atoms with Crippen molar-refractivity contribution in [2.45, 2.75) is 13.8 Å². The molecular formula is C93H60N6. The van der Waals surface area contributed by atoms with Crippen LogP contribution >= 0.6 is 0 Å². The van der Waals surface area contributed by atoms with Crippen LogP contribution in [0.5, 0.6) is 0 Å². The van der Waals surface area contributed by atoms with Crippen LogP contribution in [-0.4, -0.2) is 28.7 Å². The number of benzene rings is 16. The van der Waals surface area contributed by atoms with Gasteiger partial charge in [-0.2, -0.15) is 9.97 Å². The highest BCUT2D eigenvalue weighted by Crippen LogP contribution is 2.45. The zero-order valence-corrected chi connectivity index (χ0v) is 54.4. The SMILES string of the molecule is Cc1cccc(-c2nc(-c3cccc(C)c3)nc(-n3c4ccc(-n5c6ccc(-c7cccc8ccccc78)cc6c6cc(-c7cccc8ccccc78)ccc65)cc4c4cc(-n5c6ccc(-c7cccc8ccccc78)cc6c6cc(-c7cccc8ccccc78)ccc65)ccc43)n2)c1. The number of nitrogens with zero attached hydrogens (tertiary/aromatic N) is 6. The molecule has 0 saturated carbocycles. The Morgan fingerprint density at radius 1 is 0.202 bits per heavy atom. The predicted molar refractivity (Wildman–Crippen MR) is 415 cm³/mol. The van der Waals surface area contributed by atoms with E-state index in [4.69, 9.17) is 15.0 Å². The molecule has 0 fully saturated rings. The third-order valence-electron chi connectivity index (χ3n) is 20.6. The molecule has 0 N–H and O–H groups in total. The van der Waals surface area contributed by atoms with Crippen molar-refractivity contribution < 1.29 is 0 Å². The standard InChI is InChI=1S/C93H60N6/c1-57-17-11-27-67(49-57)91-94-92(68-28-12-18-58(2)50-68)96-93(95-91)99-89-47-41-69(97-85-43-37-63(75-33-13-23-59-19-3-7-29-71(59)75)51-79(85)80-52-64(38-44-86(80)97)76-34-14-24-60-20-4-8-30-72(60)76)55-83(89)84-56-70(42-48-90(84)99)98-87-45-39-65(77-35-15-25-61-21-5-9-31-73(61)77)53-81(87)82-54-66(40-46-88(82)98)78-36-16-26-62-22-6-10-32-74(62)78/h3-56H,1-2H3. The fourth-order valence-corrected chi connectivity index (χ4v) is 16.0. The van der Waals surface area contributed by atoms with Crippen LogP contribution in [0.25, 0.3) is 193 Å². The Bertz CT molecular complexity index is 6080. The van der Waals surface area contributed by atoms with Crippen LogP contribution in [0.2, 0.25) is 0 Å². The summed E-state index contributed by atoms with van der Waals surface area (Å²) >= 11 is 0. The molecule has 0 radical (unpaired) electrons. The summed E-state index contributed by atoms with van der Waals surface area (Å²) in [7, 11) is 0. The van der Waals surface area contributed by atoms with E-state index in [0.717, 1.165) is 77.5 Å². The largest absolute Gasteiger partial charge is 0.309 e. The molecular weight excluding hydrogens is 1200 g/mol. The van der Waals surface area contributed by atoms with Crippen LogP contribution in [0.15, 0.2) is 328 Å². The molecule has 4 heterocycles. The number of hydrogen-bond acceptors (Lipinski definition) is 3. The highest BCUT2D eigenvalue weighted by Gasteiger charge is 2.24. The van der Waals surface area contributed by atoms with Gasteiger partial charge in [-0.15, -0.1) is 0 Å². The summed E-state index contributed by atoms with van der Waals surface area (Å²) in [6.07, 6.45) is 0. The van der Waals surface area contributed by atoms with Crippen molar-refractivity contribution in [1.29, 1.82) is 0 Å². The van der Waals surface area contributed by atoms with E-state index in [1.165, 1.54) is 109 Å². The molecule has 99 heavy (non-hydrogen) atoms. The fraction of sp³-hybridized carbons (Fsp3) is 0.0215. The quantitative estimate of drug-likeness (QED) is 0.145. The third-order valence-corrected chi connectivity index (χ3v) is 20.6. The second-order valence-corrected chi connectivity index (χ2v) is 26.5. The second-order valence-electron chi connectivity index (χ2n) is 26.5. The van der Waals surface area contributed by atoms with Gasteiger partial charge >= 0.3 is 0 Å². The number of fused-ring (bicyclic) bond motifs is 13. The van der Waals surface area contributed by atoms with E-state index in [-0.39, 0.29) is 0 Å². The molecule has 462 valence electrons. The molecule has 0 amide bonds. The van der Waals surface area contributed by atoms with E-state index in [0.29, 0.717) is 17.6 Å². The van der Waals surface area contributed by atoms with E-state index in [1.54, 1.807) is 0 Å². The smallest absolute Gasteiger partial charge is 0.238 e. The van der Waals surface area contributed by atoms with Crippen LogP contribution in [-0.2, 0) is 0 Å². The maximum absolute atomic E-state index is 5.48. The summed E-state index contributed by atoms with van der Waals surface area (Å²) in [6, 6.07) is 120. The second kappa shape index (κ2) is 22.3. The molecule has 0 aliphatic carbocycles. The van der Waals surface area contributed by atoms with Crippen molar-refractivity contribution in [2.75, 3.05) is 0 Å². The molecule has 0 atom stereocenters. The minimum atomic E-state index is 0.538. The summed E-state index contributed by atoms with van der Waals surface area (Å²) in [4.78, 5) is 16.2. The number of aryl methyl sites for hydroxylation is 2. The van der Waals surface area contributed by atoms with Crippen LogP contribution in [0.4, 0.5) is 0 Å². The zero-order valence-electron chi connectivity index (χ0n) is 54.4. The van der Waals surface area contributed by atoms with Crippen LogP contribution < -0.4 is 0 Å². The van der Waals surface area contributed by atoms with Gasteiger partial charge in [0.05, 0.1) is 33.1 Å². The summed E-state index contributed by atoms with van der Waals surface area (Å²) < 4.78 is 7.20. The normalized spacial score (nSPS) is 11.9. The van der Waals surface area contributed by atoms with Gasteiger partial charge < -0.3 is 9.13 Å². The maximum Gasteiger partial charge on any atom is 0.238 e. The van der Waals surface area contributed by atoms with Crippen LogP contribution in [0.1, 0.15) is 11.1 Å². The first-order chi connectivity index (χ1) is 48.9. The number of rotatable bonds is 9. The van der Waals surface area contributed by atoms with Crippen molar-refractivity contribution in [3.05, 3.63) is 339 Å². The van der Waals surface area contributed by atoms with Gasteiger partial charge in [0, 0.05) is 54.8 Å². The first-order valence-electron chi connectivity index (χ1n) is 34.0. The molecule has 6 heteroatoms. The lowest BCUT2D eigenvalue weighted by Crippen LogP contribution is -2.06. The Labute approximate surface area is 570 Å². The minimum Gasteiger partial charge on any atom is -0.309 e. The van der Waals surface area contributed by atoms with E-state index in [9.17, 15) is 0 Å². The summed E-state index contributed by atoms with van der Waals surface area (Å²) in [5, 5.41) is 16.6. The van der Waals surface area contributed by atoms with Gasteiger partial charge in [0.15, 0.2) is 11.6 Å². The van der Waals surface area contributed by atoms with Crippen molar-refractivity contribution in [3.8, 4) is 84.6 Å². The first-order valence-corrected chi connectivity index (χ1v) is 34.0. The highest BCUT2D eigenvalue weighted by molar-refractivity contribution is 6.17. The Hall–Kier alpha value is -13.0. The van der Waals surface area contributed by atoms with Gasteiger partial charge in [-0.25, -0.2) is 4.98 Å². The first kappa shape index (κ1) is 56.3. The molecule has 16 aromatic carbocycles. The molecule has 20 rings (SSSR count). The average Bonchev–Trinajstić information content (AvgIpc) is 1.58. The van der Waals surface area contributed by atoms with E-state index < -0.39 is 0 Å². The molecule has 0 bridgehead atoms. The van der Waals surface area contributed by atoms with E-state index >= 15 is 0 Å². The summed E-state index contributed by atoms with van der Waals surface area (Å²) in [5.74, 6) is 1.75. The predicted octanol–water partition coefficient (Wildman–Crippen LogP) is 24.4. The summed E-state index contributed by atoms with van der Waals surface area (Å²) in [5.41, 5.74) is 22.1. The monoisotopic (exact) mass is 1260 g/mol. The van der Waals surface area contributed by atoms with Gasteiger partial charge in [0.25, 0.3) is 0 Å². The van der Waals surface area contributed by atoms with Crippen LogP contribution in [0, 0.1) is 13.8 Å². The molecule has 0 spiro atoms. The topological polar surface area (TPSA) is 53.5 Å². The lowest BCUT2D eigenvalue weighted by atomic mass is 9.95. The Balaban J connectivity index is 0.852. The lowest BCUT2D eigenvalue weighted by Gasteiger charge is -2.13. The van der Waals surface area contributed by atoms with E-state index in [2.05, 4.69) is 355 Å². The van der Waals surface area contributed by atoms with E-state index in [1.807, 2.05) is 0 Å². The fourth-order valence-electron chi connectivity index (χ4n) is 16.0. The maximum atomic E-state index is 5.48. The Kier molecular flexibility index (Phi) is 12.7. The number of hydrogen-bond donors (Lipinski definition) is 0. The minimum absolute atomic E-state index is 0.538. The molecule has 0 aliphatic rings. The van der Waals surface area contributed by atoms with Gasteiger partial charge in [0.1, 0.15) is 0 Å². The van der Waals surface area contributed by atoms with Gasteiger partial charge in [-0.3, -0.25) is 4.57 Å².